The van der Waals surface area contributed by atoms with Crippen LogP contribution in [-0.2, 0) is 4.79 Å². The molecule has 1 unspecified atom stereocenters. The molecule has 0 radical (unpaired) electrons. The molecule has 2 aliphatic rings. The van der Waals surface area contributed by atoms with E-state index in [4.69, 9.17) is 0 Å². The standard InChI is InChI=1S/C14H25NO2/c1-11-5-7-12(8-6-11)14(17)15-9-3-2-4-13(15)10-16/h11-13,16H,2-10H2,1H3. The molecule has 1 amide bonds. The Morgan fingerprint density at radius 1 is 1.18 bits per heavy atom. The first kappa shape index (κ1) is 12.9. The minimum Gasteiger partial charge on any atom is -0.394 e. The summed E-state index contributed by atoms with van der Waals surface area (Å²) in [5.41, 5.74) is 0. The number of piperidine rings is 1. The molecule has 1 N–H and O–H groups in total. The summed E-state index contributed by atoms with van der Waals surface area (Å²) in [6, 6.07) is 0.0931. The van der Waals surface area contributed by atoms with Crippen molar-refractivity contribution >= 4 is 5.91 Å². The summed E-state index contributed by atoms with van der Waals surface area (Å²) in [4.78, 5) is 14.4. The molecular weight excluding hydrogens is 214 g/mol. The van der Waals surface area contributed by atoms with Gasteiger partial charge in [-0.2, -0.15) is 0 Å². The quantitative estimate of drug-likeness (QED) is 0.802. The molecule has 0 aromatic heterocycles. The Kier molecular flexibility index (Phi) is 4.43. The first-order chi connectivity index (χ1) is 8.22. The van der Waals surface area contributed by atoms with Crippen LogP contribution >= 0.6 is 0 Å². The van der Waals surface area contributed by atoms with Gasteiger partial charge in [0.1, 0.15) is 0 Å². The van der Waals surface area contributed by atoms with E-state index in [-0.39, 0.29) is 18.6 Å². The van der Waals surface area contributed by atoms with Gasteiger partial charge in [0, 0.05) is 12.5 Å². The van der Waals surface area contributed by atoms with Crippen LogP contribution in [0.3, 0.4) is 0 Å². The highest BCUT2D eigenvalue weighted by Crippen LogP contribution is 2.31. The van der Waals surface area contributed by atoms with Crippen LogP contribution in [0.15, 0.2) is 0 Å². The number of rotatable bonds is 2. The van der Waals surface area contributed by atoms with Gasteiger partial charge in [-0.25, -0.2) is 0 Å². The molecule has 2 fully saturated rings. The Bertz CT molecular complexity index is 259. The van der Waals surface area contributed by atoms with Gasteiger partial charge in [-0.15, -0.1) is 0 Å². The molecule has 0 aromatic carbocycles. The van der Waals surface area contributed by atoms with Gasteiger partial charge in [-0.3, -0.25) is 4.79 Å². The number of likely N-dealkylation sites (tertiary alicyclic amines) is 1. The van der Waals surface area contributed by atoms with Crippen LogP contribution < -0.4 is 0 Å². The highest BCUT2D eigenvalue weighted by molar-refractivity contribution is 5.79. The number of nitrogens with zero attached hydrogens (tertiary/aromatic N) is 1. The lowest BCUT2D eigenvalue weighted by Gasteiger charge is -2.38. The van der Waals surface area contributed by atoms with Crippen LogP contribution in [0.4, 0.5) is 0 Å². The molecule has 2 rings (SSSR count). The van der Waals surface area contributed by atoms with Gasteiger partial charge >= 0.3 is 0 Å². The van der Waals surface area contributed by atoms with E-state index in [2.05, 4.69) is 6.92 Å². The molecule has 1 aliphatic heterocycles. The van der Waals surface area contributed by atoms with E-state index in [1.165, 1.54) is 12.8 Å². The average molecular weight is 239 g/mol. The number of aliphatic hydroxyl groups excluding tert-OH is 1. The third kappa shape index (κ3) is 3.01. The predicted molar refractivity (Wildman–Crippen MR) is 67.6 cm³/mol. The number of carbonyl (C=O) groups is 1. The molecule has 0 aromatic rings. The molecule has 0 bridgehead atoms. The fraction of sp³-hybridized carbons (Fsp3) is 0.929. The summed E-state index contributed by atoms with van der Waals surface area (Å²) in [5.74, 6) is 1.34. The number of carbonyl (C=O) groups excluding carboxylic acids is 1. The van der Waals surface area contributed by atoms with Crippen LogP contribution in [0.5, 0.6) is 0 Å². The highest BCUT2D eigenvalue weighted by atomic mass is 16.3. The van der Waals surface area contributed by atoms with E-state index in [9.17, 15) is 9.90 Å². The molecular formula is C14H25NO2. The van der Waals surface area contributed by atoms with Crippen LogP contribution in [0.2, 0.25) is 0 Å². The minimum atomic E-state index is 0.0931. The smallest absolute Gasteiger partial charge is 0.226 e. The minimum absolute atomic E-state index is 0.0931. The van der Waals surface area contributed by atoms with Crippen molar-refractivity contribution in [3.63, 3.8) is 0 Å². The van der Waals surface area contributed by atoms with Crippen molar-refractivity contribution in [3.8, 4) is 0 Å². The van der Waals surface area contributed by atoms with Crippen LogP contribution in [0, 0.1) is 11.8 Å². The Hall–Kier alpha value is -0.570. The second-order valence-electron chi connectivity index (χ2n) is 5.82. The fourth-order valence-corrected chi connectivity index (χ4v) is 3.22. The topological polar surface area (TPSA) is 40.5 Å². The van der Waals surface area contributed by atoms with Crippen molar-refractivity contribution in [3.05, 3.63) is 0 Å². The first-order valence-corrected chi connectivity index (χ1v) is 7.13. The average Bonchev–Trinajstić information content (AvgIpc) is 2.39. The van der Waals surface area contributed by atoms with E-state index in [0.29, 0.717) is 5.91 Å². The fourth-order valence-electron chi connectivity index (χ4n) is 3.22. The number of hydrogen-bond acceptors (Lipinski definition) is 2. The maximum atomic E-state index is 12.4. The van der Waals surface area contributed by atoms with Crippen molar-refractivity contribution in [1.82, 2.24) is 4.90 Å². The molecule has 1 saturated heterocycles. The van der Waals surface area contributed by atoms with Crippen LogP contribution in [0.25, 0.3) is 0 Å². The van der Waals surface area contributed by atoms with Gasteiger partial charge in [-0.05, 0) is 50.9 Å². The lowest BCUT2D eigenvalue weighted by Crippen LogP contribution is -2.48. The molecule has 1 atom stereocenters. The number of hydrogen-bond donors (Lipinski definition) is 1. The molecule has 98 valence electrons. The van der Waals surface area contributed by atoms with Crippen LogP contribution in [0.1, 0.15) is 51.9 Å². The SMILES string of the molecule is CC1CCC(C(=O)N2CCCCC2CO)CC1. The zero-order valence-corrected chi connectivity index (χ0v) is 10.9. The van der Waals surface area contributed by atoms with Crippen LogP contribution in [-0.4, -0.2) is 35.1 Å². The number of amides is 1. The van der Waals surface area contributed by atoms with Gasteiger partial charge in [0.2, 0.25) is 5.91 Å². The van der Waals surface area contributed by atoms with Crippen molar-refractivity contribution in [2.45, 2.75) is 57.9 Å². The summed E-state index contributed by atoms with van der Waals surface area (Å²) in [5, 5.41) is 9.36. The molecule has 3 nitrogen and oxygen atoms in total. The van der Waals surface area contributed by atoms with E-state index in [1.807, 2.05) is 4.90 Å². The molecule has 3 heteroatoms. The first-order valence-electron chi connectivity index (χ1n) is 7.13. The van der Waals surface area contributed by atoms with Gasteiger partial charge in [0.25, 0.3) is 0 Å². The Morgan fingerprint density at radius 3 is 2.53 bits per heavy atom. The van der Waals surface area contributed by atoms with Crippen molar-refractivity contribution in [2.24, 2.45) is 11.8 Å². The maximum absolute atomic E-state index is 12.4. The van der Waals surface area contributed by atoms with Gasteiger partial charge < -0.3 is 10.0 Å². The summed E-state index contributed by atoms with van der Waals surface area (Å²) in [6.45, 7) is 3.27. The van der Waals surface area contributed by atoms with E-state index >= 15 is 0 Å². The van der Waals surface area contributed by atoms with Crippen molar-refractivity contribution < 1.29 is 9.90 Å². The Morgan fingerprint density at radius 2 is 1.88 bits per heavy atom. The third-order valence-corrected chi connectivity index (χ3v) is 4.49. The summed E-state index contributed by atoms with van der Waals surface area (Å²) in [7, 11) is 0. The zero-order valence-electron chi connectivity index (χ0n) is 10.9. The molecule has 1 saturated carbocycles. The summed E-state index contributed by atoms with van der Waals surface area (Å²) >= 11 is 0. The van der Waals surface area contributed by atoms with Gasteiger partial charge in [0.05, 0.1) is 12.6 Å². The lowest BCUT2D eigenvalue weighted by molar-refractivity contribution is -0.141. The van der Waals surface area contributed by atoms with Gasteiger partial charge in [-0.1, -0.05) is 6.92 Å². The molecule has 17 heavy (non-hydrogen) atoms. The molecule has 1 aliphatic carbocycles. The largest absolute Gasteiger partial charge is 0.394 e. The van der Waals surface area contributed by atoms with E-state index in [0.717, 1.165) is 44.6 Å². The molecule has 0 spiro atoms. The zero-order chi connectivity index (χ0) is 12.3. The second kappa shape index (κ2) is 5.85. The second-order valence-corrected chi connectivity index (χ2v) is 5.82. The Labute approximate surface area is 104 Å². The van der Waals surface area contributed by atoms with Gasteiger partial charge in [0.15, 0.2) is 0 Å². The summed E-state index contributed by atoms with van der Waals surface area (Å²) in [6.07, 6.45) is 7.71. The normalized spacial score (nSPS) is 34.7. The predicted octanol–water partition coefficient (Wildman–Crippen LogP) is 2.19. The molecule has 1 heterocycles. The maximum Gasteiger partial charge on any atom is 0.226 e. The third-order valence-electron chi connectivity index (χ3n) is 4.49. The monoisotopic (exact) mass is 239 g/mol. The Balaban J connectivity index is 1.93. The van der Waals surface area contributed by atoms with Crippen molar-refractivity contribution in [1.29, 1.82) is 0 Å². The van der Waals surface area contributed by atoms with E-state index in [1.54, 1.807) is 0 Å². The summed E-state index contributed by atoms with van der Waals surface area (Å²) < 4.78 is 0. The highest BCUT2D eigenvalue weighted by Gasteiger charge is 2.32. The van der Waals surface area contributed by atoms with Crippen molar-refractivity contribution in [2.75, 3.05) is 13.2 Å². The van der Waals surface area contributed by atoms with E-state index < -0.39 is 0 Å². The lowest BCUT2D eigenvalue weighted by atomic mass is 9.82. The number of aliphatic hydroxyl groups is 1.